The first kappa shape index (κ1) is 13.3. The number of aromatic nitrogens is 3. The number of benzene rings is 1. The molecule has 2 N–H and O–H groups in total. The molecule has 3 aromatic rings. The topological polar surface area (TPSA) is 53.6 Å². The summed E-state index contributed by atoms with van der Waals surface area (Å²) < 4.78 is 0. The highest BCUT2D eigenvalue weighted by Gasteiger charge is 2.14. The van der Waals surface area contributed by atoms with E-state index < -0.39 is 0 Å². The Morgan fingerprint density at radius 2 is 1.91 bits per heavy atom. The molecule has 2 aromatic heterocycles. The highest BCUT2D eigenvalue weighted by Crippen LogP contribution is 2.24. The Morgan fingerprint density at radius 1 is 1.05 bits per heavy atom. The number of hydrogen-bond acceptors (Lipinski definition) is 3. The molecule has 0 saturated heterocycles. The Hall–Kier alpha value is -2.36. The lowest BCUT2D eigenvalue weighted by atomic mass is 9.96. The summed E-state index contributed by atoms with van der Waals surface area (Å²) in [6.45, 7) is 0. The summed E-state index contributed by atoms with van der Waals surface area (Å²) in [5.41, 5.74) is 3.11. The molecule has 0 atom stereocenters. The van der Waals surface area contributed by atoms with Crippen LogP contribution in [0.3, 0.4) is 0 Å². The zero-order valence-corrected chi connectivity index (χ0v) is 12.5. The van der Waals surface area contributed by atoms with E-state index in [-0.39, 0.29) is 0 Å². The molecule has 22 heavy (non-hydrogen) atoms. The van der Waals surface area contributed by atoms with Crippen molar-refractivity contribution >= 4 is 16.9 Å². The maximum absolute atomic E-state index is 4.68. The van der Waals surface area contributed by atoms with Crippen LogP contribution < -0.4 is 5.32 Å². The van der Waals surface area contributed by atoms with Crippen molar-refractivity contribution < 1.29 is 0 Å². The van der Waals surface area contributed by atoms with Crippen molar-refractivity contribution in [3.63, 3.8) is 0 Å². The van der Waals surface area contributed by atoms with E-state index in [0.717, 1.165) is 22.9 Å². The van der Waals surface area contributed by atoms with Gasteiger partial charge in [-0.25, -0.2) is 9.97 Å². The Kier molecular flexibility index (Phi) is 3.51. The third-order valence-electron chi connectivity index (χ3n) is 4.40. The first-order chi connectivity index (χ1) is 10.9. The van der Waals surface area contributed by atoms with Crippen molar-refractivity contribution in [1.82, 2.24) is 15.0 Å². The first-order valence-corrected chi connectivity index (χ1v) is 8.06. The molecular formula is C18H20N4. The van der Waals surface area contributed by atoms with Gasteiger partial charge in [-0.05, 0) is 31.0 Å². The van der Waals surface area contributed by atoms with Gasteiger partial charge in [-0.1, -0.05) is 37.5 Å². The second kappa shape index (κ2) is 5.79. The molecule has 112 valence electrons. The molecule has 1 saturated carbocycles. The molecule has 1 aromatic carbocycles. The van der Waals surface area contributed by atoms with E-state index in [0.29, 0.717) is 6.04 Å². The molecule has 0 spiro atoms. The van der Waals surface area contributed by atoms with E-state index in [1.165, 1.54) is 37.5 Å². The van der Waals surface area contributed by atoms with Crippen molar-refractivity contribution in [1.29, 1.82) is 0 Å². The van der Waals surface area contributed by atoms with Crippen LogP contribution in [-0.4, -0.2) is 21.0 Å². The summed E-state index contributed by atoms with van der Waals surface area (Å²) in [6, 6.07) is 12.9. The van der Waals surface area contributed by atoms with Crippen LogP contribution in [0.4, 0.5) is 5.95 Å². The largest absolute Gasteiger partial charge is 0.353 e. The van der Waals surface area contributed by atoms with Gasteiger partial charge in [0, 0.05) is 23.1 Å². The number of anilines is 1. The smallest absolute Gasteiger partial charge is 0.223 e. The summed E-state index contributed by atoms with van der Waals surface area (Å²) in [5.74, 6) is 0.739. The highest BCUT2D eigenvalue weighted by atomic mass is 15.1. The molecular weight excluding hydrogens is 272 g/mol. The SMILES string of the molecule is c1ccc2[nH]c(-c3ccnc(NC4CCCCC4)n3)cc2c1. The standard InChI is InChI=1S/C18H20N4/c1-2-7-14(8-3-1)20-18-19-11-10-16(22-18)17-12-13-6-4-5-9-15(13)21-17/h4-6,9-12,14,21H,1-3,7-8H2,(H,19,20,22). The number of H-pyrrole nitrogens is 1. The quantitative estimate of drug-likeness (QED) is 0.753. The minimum Gasteiger partial charge on any atom is -0.353 e. The average molecular weight is 292 g/mol. The molecule has 1 aliphatic carbocycles. The van der Waals surface area contributed by atoms with Crippen molar-refractivity contribution in [3.8, 4) is 11.4 Å². The normalized spacial score (nSPS) is 16.0. The van der Waals surface area contributed by atoms with Gasteiger partial charge in [0.05, 0.1) is 11.4 Å². The zero-order valence-electron chi connectivity index (χ0n) is 12.5. The third kappa shape index (κ3) is 2.69. The minimum absolute atomic E-state index is 0.520. The van der Waals surface area contributed by atoms with Crippen LogP contribution in [0, 0.1) is 0 Å². The Morgan fingerprint density at radius 3 is 2.77 bits per heavy atom. The van der Waals surface area contributed by atoms with Crippen LogP contribution in [0.1, 0.15) is 32.1 Å². The lowest BCUT2D eigenvalue weighted by Crippen LogP contribution is -2.23. The number of fused-ring (bicyclic) bond motifs is 1. The van der Waals surface area contributed by atoms with E-state index >= 15 is 0 Å². The van der Waals surface area contributed by atoms with Gasteiger partial charge in [0.2, 0.25) is 5.95 Å². The molecule has 1 aliphatic rings. The van der Waals surface area contributed by atoms with E-state index in [4.69, 9.17) is 0 Å². The summed E-state index contributed by atoms with van der Waals surface area (Å²) in [5, 5.41) is 4.70. The predicted octanol–water partition coefficient (Wildman–Crippen LogP) is 4.37. The summed E-state index contributed by atoms with van der Waals surface area (Å²) in [7, 11) is 0. The van der Waals surface area contributed by atoms with Crippen molar-refractivity contribution in [2.45, 2.75) is 38.1 Å². The van der Waals surface area contributed by atoms with Gasteiger partial charge in [-0.2, -0.15) is 0 Å². The number of nitrogens with one attached hydrogen (secondary N) is 2. The van der Waals surface area contributed by atoms with E-state index in [1.54, 1.807) is 0 Å². The second-order valence-corrected chi connectivity index (χ2v) is 6.02. The van der Waals surface area contributed by atoms with Crippen LogP contribution in [-0.2, 0) is 0 Å². The van der Waals surface area contributed by atoms with Gasteiger partial charge in [-0.15, -0.1) is 0 Å². The molecule has 0 bridgehead atoms. The van der Waals surface area contributed by atoms with E-state index in [9.17, 15) is 0 Å². The van der Waals surface area contributed by atoms with Gasteiger partial charge in [-0.3, -0.25) is 0 Å². The lowest BCUT2D eigenvalue weighted by molar-refractivity contribution is 0.461. The van der Waals surface area contributed by atoms with Crippen LogP contribution in [0.25, 0.3) is 22.3 Å². The maximum Gasteiger partial charge on any atom is 0.223 e. The summed E-state index contributed by atoms with van der Waals surface area (Å²) in [6.07, 6.45) is 8.24. The predicted molar refractivity (Wildman–Crippen MR) is 89.8 cm³/mol. The van der Waals surface area contributed by atoms with Crippen molar-refractivity contribution in [3.05, 3.63) is 42.6 Å². The average Bonchev–Trinajstić information content (AvgIpc) is 3.00. The van der Waals surface area contributed by atoms with Crippen LogP contribution in [0.15, 0.2) is 42.6 Å². The molecule has 0 aliphatic heterocycles. The number of hydrogen-bond donors (Lipinski definition) is 2. The molecule has 0 unspecified atom stereocenters. The van der Waals surface area contributed by atoms with Gasteiger partial charge in [0.15, 0.2) is 0 Å². The van der Waals surface area contributed by atoms with Crippen molar-refractivity contribution in [2.75, 3.05) is 5.32 Å². The summed E-state index contributed by atoms with van der Waals surface area (Å²) >= 11 is 0. The number of aromatic amines is 1. The molecule has 1 fully saturated rings. The monoisotopic (exact) mass is 292 g/mol. The molecule has 4 rings (SSSR count). The fourth-order valence-corrected chi connectivity index (χ4v) is 3.22. The fourth-order valence-electron chi connectivity index (χ4n) is 3.22. The molecule has 0 radical (unpaired) electrons. The number of nitrogens with zero attached hydrogens (tertiary/aromatic N) is 2. The Bertz CT molecular complexity index is 738. The number of para-hydroxylation sites is 1. The second-order valence-electron chi connectivity index (χ2n) is 6.02. The molecule has 0 amide bonds. The van der Waals surface area contributed by atoms with E-state index in [1.807, 2.05) is 18.3 Å². The first-order valence-electron chi connectivity index (χ1n) is 8.06. The maximum atomic E-state index is 4.68. The number of rotatable bonds is 3. The minimum atomic E-state index is 0.520. The lowest BCUT2D eigenvalue weighted by Gasteiger charge is -2.22. The van der Waals surface area contributed by atoms with E-state index in [2.05, 4.69) is 44.5 Å². The Balaban J connectivity index is 1.60. The highest BCUT2D eigenvalue weighted by molar-refractivity contribution is 5.85. The summed E-state index contributed by atoms with van der Waals surface area (Å²) in [4.78, 5) is 12.5. The van der Waals surface area contributed by atoms with Crippen LogP contribution in [0.5, 0.6) is 0 Å². The molecule has 2 heterocycles. The van der Waals surface area contributed by atoms with Gasteiger partial charge < -0.3 is 10.3 Å². The zero-order chi connectivity index (χ0) is 14.8. The van der Waals surface area contributed by atoms with Gasteiger partial charge >= 0.3 is 0 Å². The van der Waals surface area contributed by atoms with Crippen molar-refractivity contribution in [2.24, 2.45) is 0 Å². The van der Waals surface area contributed by atoms with Gasteiger partial charge in [0.1, 0.15) is 0 Å². The Labute approximate surface area is 130 Å². The fraction of sp³-hybridized carbons (Fsp3) is 0.333. The van der Waals surface area contributed by atoms with Crippen LogP contribution in [0.2, 0.25) is 0 Å². The molecule has 4 nitrogen and oxygen atoms in total. The van der Waals surface area contributed by atoms with Gasteiger partial charge in [0.25, 0.3) is 0 Å². The molecule has 4 heteroatoms. The van der Waals surface area contributed by atoms with Crippen LogP contribution >= 0.6 is 0 Å². The third-order valence-corrected chi connectivity index (χ3v) is 4.40.